The molecule has 0 radical (unpaired) electrons. The van der Waals surface area contributed by atoms with E-state index >= 15 is 0 Å². The highest BCUT2D eigenvalue weighted by Crippen LogP contribution is 2.36. The van der Waals surface area contributed by atoms with Gasteiger partial charge in [0.2, 0.25) is 0 Å². The van der Waals surface area contributed by atoms with E-state index in [1.54, 1.807) is 4.90 Å². The summed E-state index contributed by atoms with van der Waals surface area (Å²) in [5.74, 6) is 0.836. The van der Waals surface area contributed by atoms with Crippen LogP contribution in [-0.4, -0.2) is 29.3 Å². The highest BCUT2D eigenvalue weighted by atomic mass is 16.6. The maximum atomic E-state index is 12.4. The molecule has 0 atom stereocenters. The second kappa shape index (κ2) is 4.17. The van der Waals surface area contributed by atoms with E-state index in [9.17, 15) is 4.79 Å². The van der Waals surface area contributed by atoms with Crippen molar-refractivity contribution in [3.63, 3.8) is 0 Å². The summed E-state index contributed by atoms with van der Waals surface area (Å²) in [4.78, 5) is 19.1. The van der Waals surface area contributed by atoms with Crippen LogP contribution in [-0.2, 0) is 9.63 Å². The van der Waals surface area contributed by atoms with Crippen molar-refractivity contribution in [2.45, 2.75) is 52.0 Å². The quantitative estimate of drug-likeness (QED) is 0.656. The third-order valence-corrected chi connectivity index (χ3v) is 3.26. The van der Waals surface area contributed by atoms with E-state index in [1.165, 1.54) is 7.11 Å². The SMILES string of the molecule is CON=C1C2=C(CCCC2)C(=O)N1C(C)(C)C. The molecule has 0 fully saturated rings. The third kappa shape index (κ3) is 1.96. The van der Waals surface area contributed by atoms with E-state index in [1.807, 2.05) is 20.8 Å². The van der Waals surface area contributed by atoms with Crippen molar-refractivity contribution in [2.75, 3.05) is 7.11 Å². The molecule has 2 rings (SSSR count). The van der Waals surface area contributed by atoms with E-state index in [2.05, 4.69) is 5.16 Å². The molecule has 4 heteroatoms. The standard InChI is InChI=1S/C13H20N2O2/c1-13(2,3)15-11(14-17-4)9-7-5-6-8-10(9)12(15)16/h5-8H2,1-4H3. The van der Waals surface area contributed by atoms with Crippen LogP contribution in [0.5, 0.6) is 0 Å². The first kappa shape index (κ1) is 12.1. The molecule has 0 unspecified atom stereocenters. The number of carbonyl (C=O) groups excluding carboxylic acids is 1. The van der Waals surface area contributed by atoms with Gasteiger partial charge in [0.05, 0.1) is 0 Å². The van der Waals surface area contributed by atoms with Gasteiger partial charge in [-0.3, -0.25) is 9.69 Å². The van der Waals surface area contributed by atoms with Crippen LogP contribution in [0.25, 0.3) is 0 Å². The molecule has 17 heavy (non-hydrogen) atoms. The average molecular weight is 236 g/mol. The van der Waals surface area contributed by atoms with Crippen molar-refractivity contribution in [3.05, 3.63) is 11.1 Å². The Hall–Kier alpha value is -1.32. The molecule has 1 heterocycles. The molecule has 2 aliphatic rings. The number of nitrogens with zero attached hydrogens (tertiary/aromatic N) is 2. The summed E-state index contributed by atoms with van der Waals surface area (Å²) >= 11 is 0. The fraction of sp³-hybridized carbons (Fsp3) is 0.692. The van der Waals surface area contributed by atoms with Gasteiger partial charge in [-0.1, -0.05) is 5.16 Å². The molecular formula is C13H20N2O2. The van der Waals surface area contributed by atoms with Crippen molar-refractivity contribution in [2.24, 2.45) is 5.16 Å². The number of hydrogen-bond acceptors (Lipinski definition) is 3. The first-order valence-corrected chi connectivity index (χ1v) is 6.15. The number of oxime groups is 1. The van der Waals surface area contributed by atoms with Crippen LogP contribution in [0.15, 0.2) is 16.3 Å². The minimum absolute atomic E-state index is 0.114. The topological polar surface area (TPSA) is 41.9 Å². The van der Waals surface area contributed by atoms with Crippen molar-refractivity contribution in [1.29, 1.82) is 0 Å². The van der Waals surface area contributed by atoms with Gasteiger partial charge in [-0.05, 0) is 46.5 Å². The van der Waals surface area contributed by atoms with Crippen LogP contribution in [0.1, 0.15) is 46.5 Å². The molecule has 0 aromatic carbocycles. The molecule has 0 bridgehead atoms. The van der Waals surface area contributed by atoms with E-state index in [4.69, 9.17) is 4.84 Å². The smallest absolute Gasteiger partial charge is 0.256 e. The normalized spacial score (nSPS) is 23.4. The highest BCUT2D eigenvalue weighted by Gasteiger charge is 2.42. The summed E-state index contributed by atoms with van der Waals surface area (Å²) < 4.78 is 0. The van der Waals surface area contributed by atoms with E-state index in [0.717, 1.165) is 42.7 Å². The lowest BCUT2D eigenvalue weighted by molar-refractivity contribution is -0.126. The van der Waals surface area contributed by atoms with Crippen molar-refractivity contribution in [3.8, 4) is 0 Å². The van der Waals surface area contributed by atoms with Gasteiger partial charge in [0.15, 0.2) is 5.84 Å². The molecule has 0 N–H and O–H groups in total. The van der Waals surface area contributed by atoms with Gasteiger partial charge < -0.3 is 4.84 Å². The summed E-state index contributed by atoms with van der Waals surface area (Å²) in [6.45, 7) is 6.07. The average Bonchev–Trinajstić information content (AvgIpc) is 2.53. The van der Waals surface area contributed by atoms with Crippen molar-refractivity contribution in [1.82, 2.24) is 4.90 Å². The van der Waals surface area contributed by atoms with Crippen molar-refractivity contribution >= 4 is 11.7 Å². The Morgan fingerprint density at radius 3 is 2.29 bits per heavy atom. The summed E-state index contributed by atoms with van der Waals surface area (Å²) in [5.41, 5.74) is 1.78. The fourth-order valence-electron chi connectivity index (χ4n) is 2.56. The second-order valence-corrected chi connectivity index (χ2v) is 5.57. The Morgan fingerprint density at radius 1 is 1.18 bits per heavy atom. The maximum Gasteiger partial charge on any atom is 0.256 e. The van der Waals surface area contributed by atoms with Crippen LogP contribution in [0.2, 0.25) is 0 Å². The van der Waals surface area contributed by atoms with Gasteiger partial charge in [-0.2, -0.15) is 0 Å². The Morgan fingerprint density at radius 2 is 1.76 bits per heavy atom. The molecule has 1 aliphatic carbocycles. The van der Waals surface area contributed by atoms with Gasteiger partial charge in [0, 0.05) is 16.7 Å². The maximum absolute atomic E-state index is 12.4. The van der Waals surface area contributed by atoms with E-state index in [-0.39, 0.29) is 11.4 Å². The van der Waals surface area contributed by atoms with Crippen LogP contribution in [0.3, 0.4) is 0 Å². The lowest BCUT2D eigenvalue weighted by Gasteiger charge is -2.32. The van der Waals surface area contributed by atoms with Gasteiger partial charge in [-0.15, -0.1) is 0 Å². The van der Waals surface area contributed by atoms with E-state index < -0.39 is 0 Å². The van der Waals surface area contributed by atoms with Crippen LogP contribution in [0, 0.1) is 0 Å². The predicted octanol–water partition coefficient (Wildman–Crippen LogP) is 2.46. The molecule has 4 nitrogen and oxygen atoms in total. The zero-order chi connectivity index (χ0) is 12.6. The molecule has 0 saturated heterocycles. The second-order valence-electron chi connectivity index (χ2n) is 5.57. The van der Waals surface area contributed by atoms with Crippen LogP contribution < -0.4 is 0 Å². The van der Waals surface area contributed by atoms with Gasteiger partial charge >= 0.3 is 0 Å². The summed E-state index contributed by atoms with van der Waals surface area (Å²) in [6, 6.07) is 0. The van der Waals surface area contributed by atoms with Crippen LogP contribution >= 0.6 is 0 Å². The summed E-state index contributed by atoms with van der Waals surface area (Å²) in [6.07, 6.45) is 4.05. The minimum atomic E-state index is -0.258. The zero-order valence-corrected chi connectivity index (χ0v) is 11.0. The summed E-state index contributed by atoms with van der Waals surface area (Å²) in [7, 11) is 1.53. The highest BCUT2D eigenvalue weighted by molar-refractivity contribution is 6.21. The number of carbonyl (C=O) groups is 1. The fourth-order valence-corrected chi connectivity index (χ4v) is 2.56. The van der Waals surface area contributed by atoms with Gasteiger partial charge in [-0.25, -0.2) is 0 Å². The molecule has 0 aromatic rings. The number of amidine groups is 1. The first-order chi connectivity index (χ1) is 7.96. The molecular weight excluding hydrogens is 216 g/mol. The van der Waals surface area contributed by atoms with E-state index in [0.29, 0.717) is 0 Å². The molecule has 0 saturated carbocycles. The third-order valence-electron chi connectivity index (χ3n) is 3.26. The predicted molar refractivity (Wildman–Crippen MR) is 66.5 cm³/mol. The number of hydrogen-bond donors (Lipinski definition) is 0. The Kier molecular flexibility index (Phi) is 2.98. The number of rotatable bonds is 1. The van der Waals surface area contributed by atoms with Crippen LogP contribution in [0.4, 0.5) is 0 Å². The van der Waals surface area contributed by atoms with Crippen molar-refractivity contribution < 1.29 is 9.63 Å². The molecule has 0 aromatic heterocycles. The Labute approximate surface area is 102 Å². The van der Waals surface area contributed by atoms with Gasteiger partial charge in [0.25, 0.3) is 5.91 Å². The molecule has 94 valence electrons. The minimum Gasteiger partial charge on any atom is -0.397 e. The molecule has 1 amide bonds. The molecule has 1 aliphatic heterocycles. The number of amides is 1. The Bertz CT molecular complexity index is 402. The monoisotopic (exact) mass is 236 g/mol. The first-order valence-electron chi connectivity index (χ1n) is 6.15. The zero-order valence-electron chi connectivity index (χ0n) is 11.0. The summed E-state index contributed by atoms with van der Waals surface area (Å²) in [5, 5.41) is 4.07. The lowest BCUT2D eigenvalue weighted by Crippen LogP contribution is -2.46. The lowest BCUT2D eigenvalue weighted by atomic mass is 9.93. The van der Waals surface area contributed by atoms with Gasteiger partial charge in [0.1, 0.15) is 7.11 Å². The molecule has 0 spiro atoms. The Balaban J connectivity index is 2.46. The largest absolute Gasteiger partial charge is 0.397 e.